The van der Waals surface area contributed by atoms with Crippen molar-refractivity contribution >= 4 is 41.7 Å². The molecule has 1 atom stereocenters. The summed E-state index contributed by atoms with van der Waals surface area (Å²) >= 11 is 0. The lowest BCUT2D eigenvalue weighted by atomic mass is 9.97. The molecule has 0 spiro atoms. The van der Waals surface area contributed by atoms with E-state index in [0.29, 0.717) is 13.1 Å². The van der Waals surface area contributed by atoms with E-state index in [0.717, 1.165) is 56.2 Å². The Balaban J connectivity index is 0.00000385. The summed E-state index contributed by atoms with van der Waals surface area (Å²) in [4.78, 5) is 23.2. The van der Waals surface area contributed by atoms with E-state index in [1.165, 1.54) is 16.7 Å². The number of pyridine rings is 1. The number of rotatable bonds is 8. The lowest BCUT2D eigenvalue weighted by Gasteiger charge is -2.33. The quantitative estimate of drug-likeness (QED) is 0.260. The number of guanidine groups is 1. The number of halogens is 1. The van der Waals surface area contributed by atoms with E-state index in [1.807, 2.05) is 6.07 Å². The fourth-order valence-corrected chi connectivity index (χ4v) is 4.28. The minimum absolute atomic E-state index is 0. The third-order valence-corrected chi connectivity index (χ3v) is 5.73. The summed E-state index contributed by atoms with van der Waals surface area (Å²) in [7, 11) is 0. The molecule has 1 aliphatic rings. The van der Waals surface area contributed by atoms with Gasteiger partial charge in [0.05, 0.1) is 12.5 Å². The molecule has 1 aliphatic heterocycles. The molecule has 1 saturated heterocycles. The van der Waals surface area contributed by atoms with Crippen LogP contribution in [0.2, 0.25) is 0 Å². The van der Waals surface area contributed by atoms with Crippen molar-refractivity contribution < 1.29 is 4.79 Å². The van der Waals surface area contributed by atoms with Crippen molar-refractivity contribution in [1.29, 1.82) is 0 Å². The molecule has 1 fully saturated rings. The van der Waals surface area contributed by atoms with Crippen molar-refractivity contribution in [3.8, 4) is 0 Å². The van der Waals surface area contributed by atoms with Crippen LogP contribution in [0, 0.1) is 19.8 Å². The number of anilines is 1. The van der Waals surface area contributed by atoms with Gasteiger partial charge in [-0.25, -0.2) is 9.98 Å². The number of nitrogens with zero attached hydrogens (tertiary/aromatic N) is 3. The largest absolute Gasteiger partial charge is 0.369 e. The van der Waals surface area contributed by atoms with Crippen molar-refractivity contribution in [3.63, 3.8) is 0 Å². The lowest BCUT2D eigenvalue weighted by molar-refractivity contribution is -0.122. The Hall–Kier alpha value is -2.36. The Morgan fingerprint density at radius 1 is 1.24 bits per heavy atom. The van der Waals surface area contributed by atoms with Crippen molar-refractivity contribution in [1.82, 2.24) is 15.6 Å². The van der Waals surface area contributed by atoms with Gasteiger partial charge in [-0.05, 0) is 51.7 Å². The summed E-state index contributed by atoms with van der Waals surface area (Å²) in [6.45, 7) is 9.95. The first-order chi connectivity index (χ1) is 15.5. The maximum absolute atomic E-state index is 11.7. The average molecular weight is 565 g/mol. The van der Waals surface area contributed by atoms with Crippen LogP contribution in [0.4, 0.5) is 5.82 Å². The van der Waals surface area contributed by atoms with Crippen molar-refractivity contribution in [3.05, 3.63) is 58.8 Å². The van der Waals surface area contributed by atoms with E-state index in [1.54, 1.807) is 6.20 Å². The molecule has 2 aromatic rings. The van der Waals surface area contributed by atoms with Crippen LogP contribution in [0.25, 0.3) is 0 Å². The number of carbonyl (C=O) groups is 1. The summed E-state index contributed by atoms with van der Waals surface area (Å²) in [6.07, 6.45) is 4.52. The third-order valence-electron chi connectivity index (χ3n) is 5.73. The standard InChI is InChI=1S/C25H36N6O.HI/c1-4-27-25(29-11-9-20-14-18(2)13-19(3)15-20)30-16-21-7-5-10-28-24(21)31-12-6-8-22(17-31)23(26)32;/h5,7,10,13-15,22H,4,6,8-9,11-12,16-17H2,1-3H3,(H2,26,32)(H2,27,29,30);1H. The molecule has 2 heterocycles. The van der Waals surface area contributed by atoms with Crippen molar-refractivity contribution in [2.45, 2.75) is 46.6 Å². The highest BCUT2D eigenvalue weighted by Crippen LogP contribution is 2.25. The van der Waals surface area contributed by atoms with Crippen LogP contribution >= 0.6 is 24.0 Å². The summed E-state index contributed by atoms with van der Waals surface area (Å²) in [5, 5.41) is 6.77. The molecule has 7 nitrogen and oxygen atoms in total. The number of amides is 1. The zero-order valence-electron chi connectivity index (χ0n) is 19.9. The van der Waals surface area contributed by atoms with Crippen LogP contribution in [-0.2, 0) is 17.8 Å². The number of aliphatic imine (C=N–C) groups is 1. The number of nitrogens with two attached hydrogens (primary N) is 1. The molecule has 4 N–H and O–H groups in total. The second kappa shape index (κ2) is 13.4. The molecule has 0 radical (unpaired) electrons. The first-order valence-corrected chi connectivity index (χ1v) is 11.5. The Bertz CT molecular complexity index is 928. The van der Waals surface area contributed by atoms with Crippen LogP contribution in [0.5, 0.6) is 0 Å². The van der Waals surface area contributed by atoms with Gasteiger partial charge in [-0.1, -0.05) is 35.4 Å². The SMILES string of the molecule is CCNC(=NCc1cccnc1N1CCCC(C(N)=O)C1)NCCc1cc(C)cc(C)c1.I. The molecular weight excluding hydrogens is 527 g/mol. The number of aromatic nitrogens is 1. The van der Waals surface area contributed by atoms with E-state index in [9.17, 15) is 4.79 Å². The van der Waals surface area contributed by atoms with Crippen molar-refractivity contribution in [2.24, 2.45) is 16.6 Å². The second-order valence-corrected chi connectivity index (χ2v) is 8.54. The first-order valence-electron chi connectivity index (χ1n) is 11.5. The van der Waals surface area contributed by atoms with E-state index in [2.05, 4.69) is 65.6 Å². The third kappa shape index (κ3) is 8.17. The summed E-state index contributed by atoms with van der Waals surface area (Å²) in [5.41, 5.74) is 10.5. The summed E-state index contributed by atoms with van der Waals surface area (Å²) in [5.74, 6) is 1.34. The topological polar surface area (TPSA) is 95.6 Å². The lowest BCUT2D eigenvalue weighted by Crippen LogP contribution is -2.42. The number of benzene rings is 1. The number of aryl methyl sites for hydroxylation is 2. The minimum Gasteiger partial charge on any atom is -0.369 e. The number of nitrogens with one attached hydrogen (secondary N) is 2. The van der Waals surface area contributed by atoms with Crippen LogP contribution in [0.15, 0.2) is 41.5 Å². The predicted octanol–water partition coefficient (Wildman–Crippen LogP) is 3.32. The minimum atomic E-state index is -0.229. The van der Waals surface area contributed by atoms with Gasteiger partial charge in [0, 0.05) is 37.9 Å². The Morgan fingerprint density at radius 2 is 2.00 bits per heavy atom. The molecule has 0 aliphatic carbocycles. The van der Waals surface area contributed by atoms with Gasteiger partial charge in [0.1, 0.15) is 5.82 Å². The zero-order chi connectivity index (χ0) is 22.9. The maximum Gasteiger partial charge on any atom is 0.222 e. The molecule has 3 rings (SSSR count). The molecule has 180 valence electrons. The molecule has 0 saturated carbocycles. The van der Waals surface area contributed by atoms with Gasteiger partial charge in [-0.3, -0.25) is 4.79 Å². The van der Waals surface area contributed by atoms with Gasteiger partial charge in [0.15, 0.2) is 5.96 Å². The zero-order valence-corrected chi connectivity index (χ0v) is 22.3. The second-order valence-electron chi connectivity index (χ2n) is 8.54. The van der Waals surface area contributed by atoms with Gasteiger partial charge in [-0.2, -0.15) is 0 Å². The predicted molar refractivity (Wildman–Crippen MR) is 146 cm³/mol. The Morgan fingerprint density at radius 3 is 2.70 bits per heavy atom. The number of carbonyl (C=O) groups excluding carboxylic acids is 1. The Kier molecular flexibility index (Phi) is 10.9. The summed E-state index contributed by atoms with van der Waals surface area (Å²) in [6, 6.07) is 10.7. The molecular formula is C25H37IN6O. The van der Waals surface area contributed by atoms with Crippen LogP contribution < -0.4 is 21.3 Å². The van der Waals surface area contributed by atoms with Gasteiger partial charge in [0.25, 0.3) is 0 Å². The molecule has 1 aromatic carbocycles. The van der Waals surface area contributed by atoms with Gasteiger partial charge in [0.2, 0.25) is 5.91 Å². The van der Waals surface area contributed by atoms with Gasteiger partial charge < -0.3 is 21.3 Å². The van der Waals surface area contributed by atoms with E-state index in [4.69, 9.17) is 10.7 Å². The Labute approximate surface area is 214 Å². The van der Waals surface area contributed by atoms with Crippen LogP contribution in [0.3, 0.4) is 0 Å². The van der Waals surface area contributed by atoms with Crippen molar-refractivity contribution in [2.75, 3.05) is 31.1 Å². The molecule has 8 heteroatoms. The molecule has 33 heavy (non-hydrogen) atoms. The number of hydrogen-bond acceptors (Lipinski definition) is 4. The smallest absolute Gasteiger partial charge is 0.222 e. The summed E-state index contributed by atoms with van der Waals surface area (Å²) < 4.78 is 0. The highest BCUT2D eigenvalue weighted by Gasteiger charge is 2.25. The van der Waals surface area contributed by atoms with Crippen LogP contribution in [0.1, 0.15) is 42.0 Å². The monoisotopic (exact) mass is 564 g/mol. The normalized spacial score (nSPS) is 16.2. The highest BCUT2D eigenvalue weighted by atomic mass is 127. The maximum atomic E-state index is 11.7. The first kappa shape index (κ1) is 26.9. The van der Waals surface area contributed by atoms with E-state index >= 15 is 0 Å². The molecule has 0 bridgehead atoms. The number of piperidine rings is 1. The van der Waals surface area contributed by atoms with Gasteiger partial charge in [-0.15, -0.1) is 24.0 Å². The molecule has 1 unspecified atom stereocenters. The average Bonchev–Trinajstić information content (AvgIpc) is 2.77. The van der Waals surface area contributed by atoms with Gasteiger partial charge >= 0.3 is 0 Å². The fourth-order valence-electron chi connectivity index (χ4n) is 4.28. The number of hydrogen-bond donors (Lipinski definition) is 3. The molecule has 1 aromatic heterocycles. The van der Waals surface area contributed by atoms with Crippen LogP contribution in [-0.4, -0.2) is 43.0 Å². The highest BCUT2D eigenvalue weighted by molar-refractivity contribution is 14.0. The fraction of sp³-hybridized carbons (Fsp3) is 0.480. The molecule has 1 amide bonds. The number of primary amides is 1. The van der Waals surface area contributed by atoms with E-state index < -0.39 is 0 Å². The van der Waals surface area contributed by atoms with E-state index in [-0.39, 0.29) is 35.8 Å².